The zero-order valence-corrected chi connectivity index (χ0v) is 17.8. The van der Waals surface area contributed by atoms with Gasteiger partial charge in [0.25, 0.3) is 0 Å². The van der Waals surface area contributed by atoms with Crippen molar-refractivity contribution in [3.63, 3.8) is 0 Å². The average molecular weight is 457 g/mol. The van der Waals surface area contributed by atoms with Crippen molar-refractivity contribution in [1.82, 2.24) is 9.88 Å². The molecule has 1 radical (unpaired) electrons. The van der Waals surface area contributed by atoms with Crippen molar-refractivity contribution in [3.05, 3.63) is 59.1 Å². The third kappa shape index (κ3) is 8.64. The van der Waals surface area contributed by atoms with Gasteiger partial charge >= 0.3 is 6.18 Å². The van der Waals surface area contributed by atoms with Crippen LogP contribution in [-0.2, 0) is 32.7 Å². The smallest absolute Gasteiger partial charge is 0.401 e. The summed E-state index contributed by atoms with van der Waals surface area (Å²) in [4.78, 5) is 5.18. The normalized spacial score (nSPS) is 14.7. The Balaban J connectivity index is 0.000000273. The molecule has 1 aliphatic heterocycles. The van der Waals surface area contributed by atoms with Gasteiger partial charge < -0.3 is 11.1 Å². The van der Waals surface area contributed by atoms with Crippen LogP contribution in [0.4, 0.5) is 23.2 Å². The third-order valence-electron chi connectivity index (χ3n) is 3.81. The van der Waals surface area contributed by atoms with Crippen molar-refractivity contribution >= 4 is 5.69 Å². The van der Waals surface area contributed by atoms with E-state index in [1.54, 1.807) is 18.3 Å². The molecule has 3 rings (SSSR count). The Bertz CT molecular complexity index is 719. The molecule has 1 aromatic heterocycles. The first-order valence-electron chi connectivity index (χ1n) is 8.10. The number of aromatic nitrogens is 1. The summed E-state index contributed by atoms with van der Waals surface area (Å²) < 4.78 is 48.3. The van der Waals surface area contributed by atoms with Crippen LogP contribution in [0.1, 0.15) is 5.56 Å². The molecule has 0 aliphatic carbocycles. The molecule has 1 aromatic carbocycles. The second-order valence-corrected chi connectivity index (χ2v) is 5.98. The van der Waals surface area contributed by atoms with Crippen molar-refractivity contribution < 1.29 is 50.3 Å². The zero-order chi connectivity index (χ0) is 19.2. The fourth-order valence-electron chi connectivity index (χ4n) is 2.55. The SMILES string of the molecule is Cc1ccc([NH-])cc1-c1cncc(F)c1.FC(F)(F)CN1CC[N-]CC1.[Y]. The summed E-state index contributed by atoms with van der Waals surface area (Å²) in [5.74, 6) is -0.359. The van der Waals surface area contributed by atoms with Crippen LogP contribution in [0.2, 0.25) is 0 Å². The van der Waals surface area contributed by atoms with Gasteiger partial charge in [0.15, 0.2) is 0 Å². The van der Waals surface area contributed by atoms with Gasteiger partial charge in [-0.2, -0.15) is 13.2 Å². The summed E-state index contributed by atoms with van der Waals surface area (Å²) in [6, 6.07) is 6.70. The van der Waals surface area contributed by atoms with E-state index in [0.29, 0.717) is 37.4 Å². The van der Waals surface area contributed by atoms with E-state index in [1.165, 1.54) is 17.2 Å². The summed E-state index contributed by atoms with van der Waals surface area (Å²) in [5.41, 5.74) is 10.5. The molecule has 0 spiro atoms. The molecule has 1 N–H and O–H groups in total. The molecule has 1 fully saturated rings. The van der Waals surface area contributed by atoms with Crippen molar-refractivity contribution in [3.8, 4) is 11.1 Å². The van der Waals surface area contributed by atoms with Gasteiger partial charge in [-0.05, 0) is 37.2 Å². The molecule has 2 heterocycles. The van der Waals surface area contributed by atoms with Crippen LogP contribution in [-0.4, -0.2) is 48.8 Å². The number of halogens is 4. The molecular weight excluding hydrogens is 437 g/mol. The monoisotopic (exact) mass is 457 g/mol. The second-order valence-electron chi connectivity index (χ2n) is 5.98. The van der Waals surface area contributed by atoms with E-state index >= 15 is 0 Å². The van der Waals surface area contributed by atoms with Crippen molar-refractivity contribution in [2.45, 2.75) is 13.1 Å². The van der Waals surface area contributed by atoms with Crippen LogP contribution < -0.4 is 0 Å². The van der Waals surface area contributed by atoms with E-state index in [-0.39, 0.29) is 38.5 Å². The number of piperazine rings is 1. The Kier molecular flexibility index (Phi) is 9.80. The average Bonchev–Trinajstić information content (AvgIpc) is 2.57. The second kappa shape index (κ2) is 11.0. The minimum absolute atomic E-state index is 0. The quantitative estimate of drug-likeness (QED) is 0.589. The van der Waals surface area contributed by atoms with Crippen molar-refractivity contribution in [1.29, 1.82) is 0 Å². The van der Waals surface area contributed by atoms with Crippen LogP contribution in [0.5, 0.6) is 0 Å². The number of hydrogen-bond acceptors (Lipinski definition) is 2. The van der Waals surface area contributed by atoms with Crippen molar-refractivity contribution in [2.75, 3.05) is 32.7 Å². The summed E-state index contributed by atoms with van der Waals surface area (Å²) >= 11 is 0. The number of aryl methyl sites for hydroxylation is 1. The van der Waals surface area contributed by atoms with E-state index in [2.05, 4.69) is 10.3 Å². The standard InChI is InChI=1S/C12H10FN2.C6H10F3N2.Y/c1-8-2-3-11(14)5-12(8)9-4-10(13)7-15-6-9;7-6(8,9)5-11-3-1-10-2-4-11;/h2-7,14H,1H3;1-5H2;/q2*-1;. The van der Waals surface area contributed by atoms with Crippen LogP contribution in [0, 0.1) is 12.7 Å². The Morgan fingerprint density at radius 2 is 1.81 bits per heavy atom. The molecule has 1 aliphatic rings. The van der Waals surface area contributed by atoms with Crippen molar-refractivity contribution in [2.24, 2.45) is 0 Å². The van der Waals surface area contributed by atoms with Gasteiger partial charge in [0.05, 0.1) is 12.7 Å². The summed E-state index contributed by atoms with van der Waals surface area (Å²) in [6.45, 7) is 3.10. The molecule has 0 bridgehead atoms. The number of hydrogen-bond donors (Lipinski definition) is 0. The zero-order valence-electron chi connectivity index (χ0n) is 14.9. The van der Waals surface area contributed by atoms with Gasteiger partial charge in [-0.3, -0.25) is 9.88 Å². The predicted molar refractivity (Wildman–Crippen MR) is 93.9 cm³/mol. The first-order chi connectivity index (χ1) is 12.2. The molecule has 9 heteroatoms. The minimum atomic E-state index is -4.06. The maximum Gasteiger partial charge on any atom is 0.401 e. The molecule has 145 valence electrons. The Morgan fingerprint density at radius 1 is 1.15 bits per heavy atom. The number of nitrogens with zero attached hydrogens (tertiary/aromatic N) is 3. The van der Waals surface area contributed by atoms with Gasteiger partial charge in [0.1, 0.15) is 5.82 Å². The number of benzene rings is 1. The van der Waals surface area contributed by atoms with Gasteiger partial charge in [-0.25, -0.2) is 4.39 Å². The Hall–Kier alpha value is -1.09. The van der Waals surface area contributed by atoms with E-state index in [9.17, 15) is 17.6 Å². The Labute approximate surface area is 181 Å². The number of alkyl halides is 3. The molecule has 1 saturated heterocycles. The molecule has 4 nitrogen and oxygen atoms in total. The van der Waals surface area contributed by atoms with Crippen LogP contribution in [0.25, 0.3) is 22.2 Å². The van der Waals surface area contributed by atoms with Crippen LogP contribution in [0.15, 0.2) is 36.7 Å². The summed E-state index contributed by atoms with van der Waals surface area (Å²) in [5, 5.41) is 3.95. The first-order valence-corrected chi connectivity index (χ1v) is 8.10. The largest absolute Gasteiger partial charge is 0.699 e. The summed E-state index contributed by atoms with van der Waals surface area (Å²) in [6.07, 6.45) is -1.29. The van der Waals surface area contributed by atoms with Gasteiger partial charge in [0.2, 0.25) is 0 Å². The fourth-order valence-corrected chi connectivity index (χ4v) is 2.55. The van der Waals surface area contributed by atoms with E-state index in [0.717, 1.165) is 11.1 Å². The minimum Gasteiger partial charge on any atom is -0.699 e. The molecule has 0 atom stereocenters. The molecule has 0 amide bonds. The van der Waals surface area contributed by atoms with Gasteiger partial charge in [-0.15, -0.1) is 18.8 Å². The van der Waals surface area contributed by atoms with Gasteiger partial charge in [-0.1, -0.05) is 18.2 Å². The maximum absolute atomic E-state index is 13.0. The van der Waals surface area contributed by atoms with Gasteiger partial charge in [0, 0.05) is 44.5 Å². The molecule has 2 aromatic rings. The predicted octanol–water partition coefficient (Wildman–Crippen LogP) is 5.12. The summed E-state index contributed by atoms with van der Waals surface area (Å²) in [7, 11) is 0. The molecule has 27 heavy (non-hydrogen) atoms. The molecule has 0 saturated carbocycles. The number of pyridine rings is 1. The molecular formula is C18H20F4N4Y-2. The molecule has 0 unspecified atom stereocenters. The number of rotatable bonds is 2. The fraction of sp³-hybridized carbons (Fsp3) is 0.389. The van der Waals surface area contributed by atoms with Crippen LogP contribution >= 0.6 is 0 Å². The first kappa shape index (κ1) is 24.0. The topological polar surface area (TPSA) is 54.0 Å². The maximum atomic E-state index is 13.0. The van der Waals surface area contributed by atoms with E-state index < -0.39 is 12.7 Å². The number of nitrogens with one attached hydrogen (secondary N) is 1. The Morgan fingerprint density at radius 3 is 2.41 bits per heavy atom. The third-order valence-corrected chi connectivity index (χ3v) is 3.81. The van der Waals surface area contributed by atoms with Crippen LogP contribution in [0.3, 0.4) is 0 Å². The van der Waals surface area contributed by atoms with E-state index in [4.69, 9.17) is 5.73 Å². The van der Waals surface area contributed by atoms with E-state index in [1.807, 2.05) is 13.0 Å².